The summed E-state index contributed by atoms with van der Waals surface area (Å²) in [4.78, 5) is 18.9. The van der Waals surface area contributed by atoms with Crippen LogP contribution in [0.1, 0.15) is 32.7 Å². The zero-order chi connectivity index (χ0) is 20.5. The summed E-state index contributed by atoms with van der Waals surface area (Å²) in [6, 6.07) is 4.38. The Hall–Kier alpha value is -2.94. The normalized spacial score (nSPS) is 17.3. The summed E-state index contributed by atoms with van der Waals surface area (Å²) in [6.45, 7) is 10.1. The van der Waals surface area contributed by atoms with Gasteiger partial charge in [-0.1, -0.05) is 0 Å². The Balaban J connectivity index is 1.48. The van der Waals surface area contributed by atoms with Crippen LogP contribution in [0.3, 0.4) is 0 Å². The van der Waals surface area contributed by atoms with Crippen LogP contribution in [0.5, 0.6) is 0 Å². The molecule has 2 N–H and O–H groups in total. The maximum Gasteiger partial charge on any atom is 0.229 e. The van der Waals surface area contributed by atoms with E-state index >= 15 is 0 Å². The quantitative estimate of drug-likeness (QED) is 0.667. The average molecular weight is 408 g/mol. The number of hydrogen-bond acceptors (Lipinski definition) is 8. The number of rotatable bonds is 5. The Bertz CT molecular complexity index is 1020. The predicted molar refractivity (Wildman–Crippen MR) is 120 cm³/mol. The first-order valence-electron chi connectivity index (χ1n) is 10.9. The smallest absolute Gasteiger partial charge is 0.229 e. The summed E-state index contributed by atoms with van der Waals surface area (Å²) in [7, 11) is 0. The van der Waals surface area contributed by atoms with Gasteiger partial charge in [0.05, 0.1) is 11.7 Å². The molecular formula is C21H29N9. The number of nitrogens with one attached hydrogen (secondary N) is 2. The van der Waals surface area contributed by atoms with E-state index in [2.05, 4.69) is 44.4 Å². The SMILES string of the molecule is CC(C)n1ncc2cnc(Nc3cc(N4CCCC4)nc(N4CCNCC4)n3)cc21. The molecule has 2 fully saturated rings. The van der Waals surface area contributed by atoms with E-state index in [0.717, 1.165) is 73.6 Å². The number of fused-ring (bicyclic) bond motifs is 1. The molecule has 0 aromatic carbocycles. The van der Waals surface area contributed by atoms with Crippen molar-refractivity contribution in [3.05, 3.63) is 24.5 Å². The Morgan fingerprint density at radius 1 is 0.933 bits per heavy atom. The van der Waals surface area contributed by atoms with Gasteiger partial charge in [0.1, 0.15) is 17.5 Å². The van der Waals surface area contributed by atoms with E-state index in [1.807, 2.05) is 29.2 Å². The van der Waals surface area contributed by atoms with Gasteiger partial charge in [0.2, 0.25) is 5.95 Å². The van der Waals surface area contributed by atoms with Crippen LogP contribution in [0.25, 0.3) is 10.9 Å². The molecule has 0 amide bonds. The van der Waals surface area contributed by atoms with Crippen molar-refractivity contribution in [2.75, 3.05) is 54.4 Å². The Morgan fingerprint density at radius 3 is 2.50 bits per heavy atom. The van der Waals surface area contributed by atoms with Crippen molar-refractivity contribution in [2.24, 2.45) is 0 Å². The molecule has 0 bridgehead atoms. The van der Waals surface area contributed by atoms with Gasteiger partial charge in [0, 0.05) is 69.0 Å². The summed E-state index contributed by atoms with van der Waals surface area (Å²) in [5, 5.41) is 12.3. The van der Waals surface area contributed by atoms with Gasteiger partial charge < -0.3 is 20.4 Å². The maximum absolute atomic E-state index is 4.90. The molecule has 0 radical (unpaired) electrons. The minimum absolute atomic E-state index is 0.290. The third-order valence-corrected chi connectivity index (χ3v) is 5.76. The third-order valence-electron chi connectivity index (χ3n) is 5.76. The highest BCUT2D eigenvalue weighted by molar-refractivity contribution is 5.81. The van der Waals surface area contributed by atoms with Gasteiger partial charge in [-0.3, -0.25) is 4.68 Å². The molecule has 5 rings (SSSR count). The fraction of sp³-hybridized carbons (Fsp3) is 0.524. The number of aromatic nitrogens is 5. The summed E-state index contributed by atoms with van der Waals surface area (Å²) in [5.74, 6) is 3.33. The van der Waals surface area contributed by atoms with Crippen LogP contribution in [-0.2, 0) is 0 Å². The molecule has 9 nitrogen and oxygen atoms in total. The van der Waals surface area contributed by atoms with Gasteiger partial charge in [0.25, 0.3) is 0 Å². The number of pyridine rings is 1. The van der Waals surface area contributed by atoms with Gasteiger partial charge in [-0.25, -0.2) is 4.98 Å². The van der Waals surface area contributed by atoms with E-state index in [1.54, 1.807) is 0 Å². The first kappa shape index (κ1) is 19.0. The van der Waals surface area contributed by atoms with E-state index in [9.17, 15) is 0 Å². The van der Waals surface area contributed by atoms with Crippen molar-refractivity contribution in [3.63, 3.8) is 0 Å². The summed E-state index contributed by atoms with van der Waals surface area (Å²) in [6.07, 6.45) is 6.16. The molecule has 0 saturated carbocycles. The molecule has 2 saturated heterocycles. The van der Waals surface area contributed by atoms with Crippen molar-refractivity contribution < 1.29 is 0 Å². The van der Waals surface area contributed by atoms with Crippen molar-refractivity contribution in [3.8, 4) is 0 Å². The largest absolute Gasteiger partial charge is 0.356 e. The minimum atomic E-state index is 0.290. The highest BCUT2D eigenvalue weighted by Crippen LogP contribution is 2.27. The van der Waals surface area contributed by atoms with Crippen molar-refractivity contribution in [1.29, 1.82) is 0 Å². The van der Waals surface area contributed by atoms with Crippen LogP contribution in [-0.4, -0.2) is 64.0 Å². The van der Waals surface area contributed by atoms with E-state index in [4.69, 9.17) is 9.97 Å². The van der Waals surface area contributed by atoms with Crippen LogP contribution in [0.4, 0.5) is 23.4 Å². The lowest BCUT2D eigenvalue weighted by molar-refractivity contribution is 0.551. The number of nitrogens with zero attached hydrogens (tertiary/aromatic N) is 7. The molecule has 0 aliphatic carbocycles. The van der Waals surface area contributed by atoms with E-state index in [-0.39, 0.29) is 6.04 Å². The molecule has 30 heavy (non-hydrogen) atoms. The standard InChI is InChI=1S/C21H29N9/c1-15(2)30-17-11-18(23-13-16(17)14-24-30)25-19-12-20(28-7-3-4-8-28)27-21(26-19)29-9-5-22-6-10-29/h11-15,22H,3-10H2,1-2H3,(H,23,25,26,27). The molecule has 0 spiro atoms. The topological polar surface area (TPSA) is 87.0 Å². The predicted octanol–water partition coefficient (Wildman–Crippen LogP) is 2.56. The molecule has 2 aliphatic heterocycles. The summed E-state index contributed by atoms with van der Waals surface area (Å²) < 4.78 is 2.02. The summed E-state index contributed by atoms with van der Waals surface area (Å²) in [5.41, 5.74) is 1.07. The van der Waals surface area contributed by atoms with E-state index in [1.165, 1.54) is 12.8 Å². The first-order chi connectivity index (χ1) is 14.7. The van der Waals surface area contributed by atoms with E-state index in [0.29, 0.717) is 0 Å². The fourth-order valence-electron chi connectivity index (χ4n) is 4.15. The number of piperazine rings is 1. The molecule has 0 atom stereocenters. The molecule has 3 aromatic rings. The van der Waals surface area contributed by atoms with E-state index < -0.39 is 0 Å². The van der Waals surface area contributed by atoms with Gasteiger partial charge >= 0.3 is 0 Å². The molecule has 5 heterocycles. The molecular weight excluding hydrogens is 378 g/mol. The Morgan fingerprint density at radius 2 is 1.73 bits per heavy atom. The van der Waals surface area contributed by atoms with Crippen LogP contribution < -0.4 is 20.4 Å². The fourth-order valence-corrected chi connectivity index (χ4v) is 4.15. The second kappa shape index (κ2) is 8.06. The third kappa shape index (κ3) is 3.77. The van der Waals surface area contributed by atoms with Crippen LogP contribution in [0.15, 0.2) is 24.5 Å². The van der Waals surface area contributed by atoms with Crippen LogP contribution >= 0.6 is 0 Å². The molecule has 2 aliphatic rings. The maximum atomic E-state index is 4.90. The first-order valence-corrected chi connectivity index (χ1v) is 10.9. The minimum Gasteiger partial charge on any atom is -0.356 e. The van der Waals surface area contributed by atoms with Crippen molar-refractivity contribution in [1.82, 2.24) is 30.0 Å². The lowest BCUT2D eigenvalue weighted by Gasteiger charge is -2.29. The zero-order valence-corrected chi connectivity index (χ0v) is 17.7. The van der Waals surface area contributed by atoms with Gasteiger partial charge in [0.15, 0.2) is 0 Å². The lowest BCUT2D eigenvalue weighted by atomic mass is 10.3. The monoisotopic (exact) mass is 407 g/mol. The molecule has 9 heteroatoms. The second-order valence-corrected chi connectivity index (χ2v) is 8.28. The average Bonchev–Trinajstić information content (AvgIpc) is 3.44. The highest BCUT2D eigenvalue weighted by Gasteiger charge is 2.20. The Labute approximate surface area is 176 Å². The summed E-state index contributed by atoms with van der Waals surface area (Å²) >= 11 is 0. The second-order valence-electron chi connectivity index (χ2n) is 8.28. The molecule has 158 valence electrons. The zero-order valence-electron chi connectivity index (χ0n) is 17.7. The van der Waals surface area contributed by atoms with Crippen molar-refractivity contribution in [2.45, 2.75) is 32.7 Å². The molecule has 0 unspecified atom stereocenters. The van der Waals surface area contributed by atoms with Gasteiger partial charge in [-0.05, 0) is 26.7 Å². The van der Waals surface area contributed by atoms with Crippen LogP contribution in [0, 0.1) is 0 Å². The Kier molecular flexibility index (Phi) is 5.12. The van der Waals surface area contributed by atoms with Gasteiger partial charge in [-0.15, -0.1) is 0 Å². The van der Waals surface area contributed by atoms with Crippen LogP contribution in [0.2, 0.25) is 0 Å². The highest BCUT2D eigenvalue weighted by atomic mass is 15.3. The lowest BCUT2D eigenvalue weighted by Crippen LogP contribution is -2.44. The van der Waals surface area contributed by atoms with Crippen molar-refractivity contribution >= 4 is 34.3 Å². The molecule has 3 aromatic heterocycles. The van der Waals surface area contributed by atoms with Gasteiger partial charge in [-0.2, -0.15) is 15.1 Å². The number of hydrogen-bond donors (Lipinski definition) is 2. The number of anilines is 4.